The third kappa shape index (κ3) is 4.67. The highest BCUT2D eigenvalue weighted by molar-refractivity contribution is 6.24. The number of ether oxygens (including phenoxy) is 3. The van der Waals surface area contributed by atoms with Crippen LogP contribution < -0.4 is 24.2 Å². The molecule has 2 aliphatic heterocycles. The minimum Gasteiger partial charge on any atom is -0.497 e. The molecule has 38 heavy (non-hydrogen) atoms. The summed E-state index contributed by atoms with van der Waals surface area (Å²) < 4.78 is 17.2. The molecule has 198 valence electrons. The van der Waals surface area contributed by atoms with E-state index < -0.39 is 24.0 Å². The first kappa shape index (κ1) is 25.6. The lowest BCUT2D eigenvalue weighted by molar-refractivity contribution is -0.126. The third-order valence-corrected chi connectivity index (χ3v) is 6.80. The number of anilines is 2. The van der Waals surface area contributed by atoms with E-state index in [4.69, 9.17) is 19.0 Å². The zero-order valence-corrected chi connectivity index (χ0v) is 21.8. The number of hydrogen-bond donors (Lipinski definition) is 0. The number of hydrogen-bond acceptors (Lipinski definition) is 7. The van der Waals surface area contributed by atoms with E-state index in [1.54, 1.807) is 36.4 Å². The van der Waals surface area contributed by atoms with Gasteiger partial charge in [-0.05, 0) is 55.3 Å². The highest BCUT2D eigenvalue weighted by Gasteiger charge is 2.60. The molecule has 2 fully saturated rings. The minimum absolute atomic E-state index is 0.321. The van der Waals surface area contributed by atoms with Gasteiger partial charge in [-0.25, -0.2) is 9.96 Å². The summed E-state index contributed by atoms with van der Waals surface area (Å²) in [5.41, 5.74) is 2.00. The van der Waals surface area contributed by atoms with Gasteiger partial charge in [0.25, 0.3) is 5.91 Å². The highest BCUT2D eigenvalue weighted by atomic mass is 16.7. The molecular weight excluding hydrogens is 484 g/mol. The number of imide groups is 1. The van der Waals surface area contributed by atoms with E-state index in [1.807, 2.05) is 55.5 Å². The maximum atomic E-state index is 13.9. The van der Waals surface area contributed by atoms with Crippen molar-refractivity contribution in [2.45, 2.75) is 38.8 Å². The number of nitrogens with zero attached hydrogens (tertiary/aromatic N) is 2. The largest absolute Gasteiger partial charge is 0.497 e. The number of para-hydroxylation sites is 1. The molecule has 5 rings (SSSR count). The van der Waals surface area contributed by atoms with Gasteiger partial charge in [-0.15, -0.1) is 0 Å². The fraction of sp³-hybridized carbons (Fsp3) is 0.333. The van der Waals surface area contributed by atoms with Crippen LogP contribution in [0.5, 0.6) is 17.2 Å². The van der Waals surface area contributed by atoms with Gasteiger partial charge >= 0.3 is 0 Å². The molecule has 3 aromatic rings. The minimum atomic E-state index is -0.963. The van der Waals surface area contributed by atoms with E-state index in [-0.39, 0.29) is 5.91 Å². The zero-order valence-electron chi connectivity index (χ0n) is 21.8. The fourth-order valence-corrected chi connectivity index (χ4v) is 4.98. The molecule has 2 heterocycles. The van der Waals surface area contributed by atoms with E-state index in [0.717, 1.165) is 24.1 Å². The van der Waals surface area contributed by atoms with Crippen LogP contribution in [0.1, 0.15) is 38.3 Å². The van der Waals surface area contributed by atoms with Crippen molar-refractivity contribution in [1.29, 1.82) is 0 Å². The molecule has 0 bridgehead atoms. The van der Waals surface area contributed by atoms with Crippen LogP contribution >= 0.6 is 0 Å². The third-order valence-electron chi connectivity index (χ3n) is 6.80. The molecule has 0 radical (unpaired) electrons. The molecule has 0 saturated carbocycles. The number of methoxy groups -OCH3 is 1. The van der Waals surface area contributed by atoms with Crippen LogP contribution in [-0.2, 0) is 14.4 Å². The maximum Gasteiger partial charge on any atom is 0.266 e. The van der Waals surface area contributed by atoms with Crippen molar-refractivity contribution in [3.05, 3.63) is 78.4 Å². The first-order valence-corrected chi connectivity index (χ1v) is 13.0. The lowest BCUT2D eigenvalue weighted by atomic mass is 9.90. The van der Waals surface area contributed by atoms with Gasteiger partial charge in [0.1, 0.15) is 11.7 Å². The Bertz CT molecular complexity index is 1300. The van der Waals surface area contributed by atoms with E-state index in [0.29, 0.717) is 36.1 Å². The molecule has 2 amide bonds. The second kappa shape index (κ2) is 11.1. The van der Waals surface area contributed by atoms with Gasteiger partial charge in [-0.3, -0.25) is 14.4 Å². The molecule has 0 spiro atoms. The topological polar surface area (TPSA) is 77.5 Å². The Morgan fingerprint density at radius 2 is 1.63 bits per heavy atom. The number of unbranched alkanes of at least 4 members (excludes halogenated alkanes) is 1. The second-order valence-corrected chi connectivity index (χ2v) is 9.21. The van der Waals surface area contributed by atoms with Crippen LogP contribution in [0.25, 0.3) is 0 Å². The molecule has 0 aromatic heterocycles. The van der Waals surface area contributed by atoms with E-state index in [9.17, 15) is 9.59 Å². The maximum absolute atomic E-state index is 13.9. The monoisotopic (exact) mass is 516 g/mol. The van der Waals surface area contributed by atoms with Gasteiger partial charge in [0.05, 0.1) is 37.7 Å². The average Bonchev–Trinajstić information content (AvgIpc) is 3.46. The molecular formula is C30H32N2O6. The van der Waals surface area contributed by atoms with Gasteiger partial charge in [0.15, 0.2) is 17.6 Å². The smallest absolute Gasteiger partial charge is 0.266 e. The summed E-state index contributed by atoms with van der Waals surface area (Å²) in [6, 6.07) is 21.5. The summed E-state index contributed by atoms with van der Waals surface area (Å²) in [6.45, 7) is 5.08. The number of benzene rings is 3. The number of carbonyl (C=O) groups is 2. The predicted octanol–water partition coefficient (Wildman–Crippen LogP) is 5.32. The number of carbonyl (C=O) groups excluding carboxylic acids is 2. The lowest BCUT2D eigenvalue weighted by Crippen LogP contribution is -2.37. The Morgan fingerprint density at radius 3 is 2.37 bits per heavy atom. The van der Waals surface area contributed by atoms with Crippen LogP contribution in [-0.4, -0.2) is 38.2 Å². The van der Waals surface area contributed by atoms with Gasteiger partial charge in [0.2, 0.25) is 5.91 Å². The Hall–Kier alpha value is -4.04. The van der Waals surface area contributed by atoms with E-state index in [2.05, 4.69) is 6.92 Å². The summed E-state index contributed by atoms with van der Waals surface area (Å²) in [6.07, 6.45) is 0.998. The normalized spacial score (nSPS) is 20.6. The van der Waals surface area contributed by atoms with Gasteiger partial charge in [-0.1, -0.05) is 43.7 Å². The van der Waals surface area contributed by atoms with E-state index in [1.165, 1.54) is 4.90 Å². The standard InChI is InChI=1S/C30H32N2O6/c1-4-6-17-37-24-16-15-20(18-25(24)36-5-2)27-26-28(38-32(27)21-11-8-7-9-12-21)30(34)31(29(26)33)22-13-10-14-23(19-22)35-3/h7-16,18-19,26-28H,4-6,17H2,1-3H3/t26-,27+,28+/m0/s1. The van der Waals surface area contributed by atoms with Gasteiger partial charge < -0.3 is 14.2 Å². The predicted molar refractivity (Wildman–Crippen MR) is 144 cm³/mol. The molecule has 8 nitrogen and oxygen atoms in total. The summed E-state index contributed by atoms with van der Waals surface area (Å²) in [5.74, 6) is 0.328. The molecule has 0 unspecified atom stereocenters. The van der Waals surface area contributed by atoms with Crippen molar-refractivity contribution in [3.63, 3.8) is 0 Å². The van der Waals surface area contributed by atoms with Gasteiger partial charge in [-0.2, -0.15) is 0 Å². The Kier molecular flexibility index (Phi) is 7.51. The van der Waals surface area contributed by atoms with Crippen molar-refractivity contribution >= 4 is 23.2 Å². The molecule has 0 aliphatic carbocycles. The van der Waals surface area contributed by atoms with Gasteiger partial charge in [0, 0.05) is 6.07 Å². The molecule has 8 heteroatoms. The SMILES string of the molecule is CCCCOc1ccc([C@@H]2[C@@H]3C(=O)N(c4cccc(OC)c4)C(=O)[C@@H]3ON2c2ccccc2)cc1OCC. The Morgan fingerprint density at radius 1 is 0.842 bits per heavy atom. The molecule has 2 saturated heterocycles. The zero-order chi connectivity index (χ0) is 26.6. The second-order valence-electron chi connectivity index (χ2n) is 9.21. The highest BCUT2D eigenvalue weighted by Crippen LogP contribution is 2.49. The molecule has 0 N–H and O–H groups in total. The lowest BCUT2D eigenvalue weighted by Gasteiger charge is -2.29. The molecule has 3 atom stereocenters. The number of rotatable bonds is 10. The summed E-state index contributed by atoms with van der Waals surface area (Å²) in [4.78, 5) is 35.0. The number of hydroxylamine groups is 1. The van der Waals surface area contributed by atoms with Crippen molar-refractivity contribution in [3.8, 4) is 17.2 Å². The fourth-order valence-electron chi connectivity index (χ4n) is 4.98. The first-order chi connectivity index (χ1) is 18.6. The summed E-state index contributed by atoms with van der Waals surface area (Å²) in [5, 5.41) is 1.68. The number of amides is 2. The van der Waals surface area contributed by atoms with Crippen LogP contribution in [0.3, 0.4) is 0 Å². The van der Waals surface area contributed by atoms with Crippen LogP contribution in [0, 0.1) is 5.92 Å². The molecule has 3 aromatic carbocycles. The van der Waals surface area contributed by atoms with Crippen LogP contribution in [0.4, 0.5) is 11.4 Å². The van der Waals surface area contributed by atoms with Crippen molar-refractivity contribution in [2.75, 3.05) is 30.3 Å². The Labute approximate surface area is 222 Å². The molecule has 2 aliphatic rings. The van der Waals surface area contributed by atoms with Crippen molar-refractivity contribution in [2.24, 2.45) is 5.92 Å². The van der Waals surface area contributed by atoms with E-state index >= 15 is 0 Å². The van der Waals surface area contributed by atoms with Crippen molar-refractivity contribution < 1.29 is 28.6 Å². The first-order valence-electron chi connectivity index (χ1n) is 13.0. The summed E-state index contributed by atoms with van der Waals surface area (Å²) >= 11 is 0. The summed E-state index contributed by atoms with van der Waals surface area (Å²) in [7, 11) is 1.55. The van der Waals surface area contributed by atoms with Crippen LogP contribution in [0.2, 0.25) is 0 Å². The average molecular weight is 517 g/mol. The van der Waals surface area contributed by atoms with Crippen LogP contribution in [0.15, 0.2) is 72.8 Å². The Balaban J connectivity index is 1.55. The number of fused-ring (bicyclic) bond motifs is 1. The van der Waals surface area contributed by atoms with Crippen molar-refractivity contribution in [1.82, 2.24) is 0 Å². The quantitative estimate of drug-likeness (QED) is 0.266.